The van der Waals surface area contributed by atoms with E-state index in [1.165, 1.54) is 12.1 Å². The summed E-state index contributed by atoms with van der Waals surface area (Å²) in [6.07, 6.45) is 1.41. The molecule has 0 unspecified atom stereocenters. The van der Waals surface area contributed by atoms with Crippen molar-refractivity contribution in [2.75, 3.05) is 19.8 Å². The molecule has 5 heteroatoms. The standard InChI is InChI=1S/C16H21FO4/c1-3-5-11-9-20-16(21-10-11)13-7-6-12(8-14(13)17)15(18)19-4-2/h6-8,11,16H,3-5,9-10H2,1-2H3. The van der Waals surface area contributed by atoms with E-state index in [9.17, 15) is 9.18 Å². The van der Waals surface area contributed by atoms with Crippen LogP contribution in [0.3, 0.4) is 0 Å². The molecule has 0 N–H and O–H groups in total. The monoisotopic (exact) mass is 296 g/mol. The molecule has 0 saturated carbocycles. The first-order valence-corrected chi connectivity index (χ1v) is 7.35. The summed E-state index contributed by atoms with van der Waals surface area (Å²) in [6.45, 7) is 5.21. The van der Waals surface area contributed by atoms with Gasteiger partial charge in [0, 0.05) is 11.5 Å². The molecule has 2 rings (SSSR count). The number of carbonyl (C=O) groups excluding carboxylic acids is 1. The van der Waals surface area contributed by atoms with Crippen molar-refractivity contribution in [1.82, 2.24) is 0 Å². The molecule has 0 spiro atoms. The first kappa shape index (κ1) is 15.9. The molecule has 116 valence electrons. The van der Waals surface area contributed by atoms with Crippen molar-refractivity contribution >= 4 is 5.97 Å². The van der Waals surface area contributed by atoms with Crippen molar-refractivity contribution in [1.29, 1.82) is 0 Å². The Kier molecular flexibility index (Phi) is 5.70. The summed E-state index contributed by atoms with van der Waals surface area (Å²) in [7, 11) is 0. The predicted octanol–water partition coefficient (Wildman–Crippen LogP) is 3.46. The van der Waals surface area contributed by atoms with Crippen molar-refractivity contribution in [2.45, 2.75) is 33.0 Å². The number of hydrogen-bond acceptors (Lipinski definition) is 4. The van der Waals surface area contributed by atoms with Gasteiger partial charge >= 0.3 is 5.97 Å². The molecule has 1 aliphatic heterocycles. The third-order valence-electron chi connectivity index (χ3n) is 3.43. The lowest BCUT2D eigenvalue weighted by Gasteiger charge is -2.29. The van der Waals surface area contributed by atoms with Crippen LogP contribution in [0.15, 0.2) is 18.2 Å². The van der Waals surface area contributed by atoms with Crippen LogP contribution in [-0.4, -0.2) is 25.8 Å². The molecule has 0 bridgehead atoms. The highest BCUT2D eigenvalue weighted by atomic mass is 19.1. The number of halogens is 1. The molecule has 1 heterocycles. The first-order valence-electron chi connectivity index (χ1n) is 7.35. The smallest absolute Gasteiger partial charge is 0.338 e. The summed E-state index contributed by atoms with van der Waals surface area (Å²) in [5, 5.41) is 0. The third-order valence-corrected chi connectivity index (χ3v) is 3.43. The second kappa shape index (κ2) is 7.52. The normalized spacial score (nSPS) is 22.0. The average molecular weight is 296 g/mol. The van der Waals surface area contributed by atoms with E-state index in [2.05, 4.69) is 6.92 Å². The molecule has 0 atom stereocenters. The van der Waals surface area contributed by atoms with Gasteiger partial charge in [0.15, 0.2) is 6.29 Å². The molecule has 1 saturated heterocycles. The highest BCUT2D eigenvalue weighted by Gasteiger charge is 2.25. The van der Waals surface area contributed by atoms with Gasteiger partial charge in [-0.05, 0) is 25.5 Å². The summed E-state index contributed by atoms with van der Waals surface area (Å²) in [5.74, 6) is -0.677. The van der Waals surface area contributed by atoms with Gasteiger partial charge in [-0.2, -0.15) is 0 Å². The summed E-state index contributed by atoms with van der Waals surface area (Å²) >= 11 is 0. The van der Waals surface area contributed by atoms with E-state index in [-0.39, 0.29) is 12.2 Å². The summed E-state index contributed by atoms with van der Waals surface area (Å²) in [5.41, 5.74) is 0.510. The van der Waals surface area contributed by atoms with Crippen molar-refractivity contribution < 1.29 is 23.4 Å². The number of carbonyl (C=O) groups is 1. The van der Waals surface area contributed by atoms with E-state index in [4.69, 9.17) is 14.2 Å². The quantitative estimate of drug-likeness (QED) is 0.781. The Morgan fingerprint density at radius 2 is 2.05 bits per heavy atom. The van der Waals surface area contributed by atoms with E-state index in [0.717, 1.165) is 18.9 Å². The molecule has 0 aromatic heterocycles. The van der Waals surface area contributed by atoms with E-state index in [1.807, 2.05) is 0 Å². The average Bonchev–Trinajstić information content (AvgIpc) is 2.49. The first-order chi connectivity index (χ1) is 10.2. The van der Waals surface area contributed by atoms with E-state index < -0.39 is 18.1 Å². The van der Waals surface area contributed by atoms with Crippen molar-refractivity contribution in [3.63, 3.8) is 0 Å². The maximum absolute atomic E-state index is 14.1. The SMILES string of the molecule is CCCC1COC(c2ccc(C(=O)OCC)cc2F)OC1. The molecule has 21 heavy (non-hydrogen) atoms. The van der Waals surface area contributed by atoms with E-state index in [1.54, 1.807) is 6.92 Å². The minimum Gasteiger partial charge on any atom is -0.462 e. The highest BCUT2D eigenvalue weighted by Crippen LogP contribution is 2.29. The molecule has 1 aromatic rings. The van der Waals surface area contributed by atoms with Crippen LogP contribution in [0.5, 0.6) is 0 Å². The van der Waals surface area contributed by atoms with Crippen LogP contribution in [0.4, 0.5) is 4.39 Å². The number of hydrogen-bond donors (Lipinski definition) is 0. The van der Waals surface area contributed by atoms with Gasteiger partial charge in [0.1, 0.15) is 5.82 Å². The van der Waals surface area contributed by atoms with Crippen LogP contribution in [-0.2, 0) is 14.2 Å². The zero-order chi connectivity index (χ0) is 15.2. The van der Waals surface area contributed by atoms with Gasteiger partial charge in [0.05, 0.1) is 25.4 Å². The summed E-state index contributed by atoms with van der Waals surface area (Å²) in [6, 6.07) is 4.21. The topological polar surface area (TPSA) is 44.8 Å². The van der Waals surface area contributed by atoms with E-state index in [0.29, 0.717) is 24.7 Å². The minimum atomic E-state index is -0.700. The molecule has 1 aliphatic rings. The molecular formula is C16H21FO4. The number of ether oxygens (including phenoxy) is 3. The Hall–Kier alpha value is -1.46. The zero-order valence-corrected chi connectivity index (χ0v) is 12.4. The van der Waals surface area contributed by atoms with Crippen molar-refractivity contribution in [3.8, 4) is 0 Å². The third kappa shape index (κ3) is 4.02. The number of esters is 1. The molecule has 0 aliphatic carbocycles. The maximum Gasteiger partial charge on any atom is 0.338 e. The Balaban J connectivity index is 2.03. The fourth-order valence-electron chi connectivity index (χ4n) is 2.36. The summed E-state index contributed by atoms with van der Waals surface area (Å²) in [4.78, 5) is 11.5. The molecular weight excluding hydrogens is 275 g/mol. The van der Waals surface area contributed by atoms with Crippen LogP contribution in [0.2, 0.25) is 0 Å². The highest BCUT2D eigenvalue weighted by molar-refractivity contribution is 5.89. The minimum absolute atomic E-state index is 0.192. The van der Waals surface area contributed by atoms with Crippen LogP contribution in [0.25, 0.3) is 0 Å². The lowest BCUT2D eigenvalue weighted by atomic mass is 10.0. The fourth-order valence-corrected chi connectivity index (χ4v) is 2.36. The number of benzene rings is 1. The van der Waals surface area contributed by atoms with Crippen LogP contribution in [0.1, 0.15) is 48.9 Å². The Labute approximate surface area is 124 Å². The second-order valence-electron chi connectivity index (χ2n) is 5.11. The van der Waals surface area contributed by atoms with Crippen LogP contribution in [0, 0.1) is 11.7 Å². The number of rotatable bonds is 5. The summed E-state index contributed by atoms with van der Waals surface area (Å²) < 4.78 is 30.1. The Bertz CT molecular complexity index is 481. The lowest BCUT2D eigenvalue weighted by molar-refractivity contribution is -0.207. The maximum atomic E-state index is 14.1. The van der Waals surface area contributed by atoms with Crippen molar-refractivity contribution in [2.24, 2.45) is 5.92 Å². The second-order valence-corrected chi connectivity index (χ2v) is 5.11. The van der Waals surface area contributed by atoms with Gasteiger partial charge in [-0.3, -0.25) is 0 Å². The van der Waals surface area contributed by atoms with Gasteiger partial charge < -0.3 is 14.2 Å². The molecule has 1 aromatic carbocycles. The lowest BCUT2D eigenvalue weighted by Crippen LogP contribution is -2.27. The van der Waals surface area contributed by atoms with Crippen LogP contribution >= 0.6 is 0 Å². The van der Waals surface area contributed by atoms with Gasteiger partial charge in [0.2, 0.25) is 0 Å². The van der Waals surface area contributed by atoms with Crippen LogP contribution < -0.4 is 0 Å². The molecule has 0 amide bonds. The van der Waals surface area contributed by atoms with Gasteiger partial charge in [-0.15, -0.1) is 0 Å². The predicted molar refractivity (Wildman–Crippen MR) is 75.4 cm³/mol. The largest absolute Gasteiger partial charge is 0.462 e. The molecule has 1 fully saturated rings. The zero-order valence-electron chi connectivity index (χ0n) is 12.4. The molecule has 4 nitrogen and oxygen atoms in total. The van der Waals surface area contributed by atoms with Gasteiger partial charge in [-0.1, -0.05) is 19.4 Å². The van der Waals surface area contributed by atoms with Gasteiger partial charge in [0.25, 0.3) is 0 Å². The van der Waals surface area contributed by atoms with Gasteiger partial charge in [-0.25, -0.2) is 9.18 Å². The fraction of sp³-hybridized carbons (Fsp3) is 0.562. The Morgan fingerprint density at radius 3 is 2.62 bits per heavy atom. The van der Waals surface area contributed by atoms with E-state index >= 15 is 0 Å². The van der Waals surface area contributed by atoms with Crippen molar-refractivity contribution in [3.05, 3.63) is 35.1 Å². The molecule has 0 radical (unpaired) electrons. The Morgan fingerprint density at radius 1 is 1.33 bits per heavy atom.